The van der Waals surface area contributed by atoms with E-state index in [-0.39, 0.29) is 6.61 Å². The Hall–Kier alpha value is -0.730. The number of ether oxygens (including phenoxy) is 1. The second kappa shape index (κ2) is 5.23. The molecule has 0 unspecified atom stereocenters. The van der Waals surface area contributed by atoms with Crippen LogP contribution in [-0.2, 0) is 6.42 Å². The van der Waals surface area contributed by atoms with Crippen LogP contribution in [0.2, 0.25) is 5.02 Å². The maximum atomic E-state index is 8.71. The molecule has 3 heteroatoms. The fourth-order valence-electron chi connectivity index (χ4n) is 1.35. The zero-order valence-electron chi connectivity index (χ0n) is 8.51. The Kier molecular flexibility index (Phi) is 4.23. The first-order chi connectivity index (χ1) is 6.69. The van der Waals surface area contributed by atoms with Crippen LogP contribution in [0.3, 0.4) is 0 Å². The monoisotopic (exact) mass is 214 g/mol. The van der Waals surface area contributed by atoms with Gasteiger partial charge in [-0.25, -0.2) is 0 Å². The third-order valence-corrected chi connectivity index (χ3v) is 2.59. The van der Waals surface area contributed by atoms with Crippen LogP contribution < -0.4 is 4.74 Å². The van der Waals surface area contributed by atoms with Gasteiger partial charge in [-0.2, -0.15) is 0 Å². The molecule has 1 aromatic carbocycles. The SMILES string of the molecule is COc1cc(CCCO)cc(Cl)c1C. The first kappa shape index (κ1) is 11.3. The Morgan fingerprint density at radius 1 is 1.43 bits per heavy atom. The van der Waals surface area contributed by atoms with Crippen LogP contribution >= 0.6 is 11.6 Å². The minimum atomic E-state index is 0.202. The predicted octanol–water partition coefficient (Wildman–Crippen LogP) is 2.58. The highest BCUT2D eigenvalue weighted by Gasteiger charge is 2.05. The number of rotatable bonds is 4. The van der Waals surface area contributed by atoms with E-state index in [1.807, 2.05) is 19.1 Å². The van der Waals surface area contributed by atoms with Crippen molar-refractivity contribution in [2.24, 2.45) is 0 Å². The summed E-state index contributed by atoms with van der Waals surface area (Å²) in [5.41, 5.74) is 2.06. The first-order valence-corrected chi connectivity index (χ1v) is 5.00. The molecule has 1 aromatic rings. The Morgan fingerprint density at radius 3 is 2.71 bits per heavy atom. The molecule has 0 saturated heterocycles. The minimum Gasteiger partial charge on any atom is -0.496 e. The van der Waals surface area contributed by atoms with Crippen LogP contribution in [0.1, 0.15) is 17.5 Å². The molecular formula is C11H15ClO2. The summed E-state index contributed by atoms with van der Waals surface area (Å²) in [5.74, 6) is 0.811. The molecule has 0 bridgehead atoms. The van der Waals surface area contributed by atoms with E-state index in [1.54, 1.807) is 7.11 Å². The van der Waals surface area contributed by atoms with Crippen molar-refractivity contribution in [3.05, 3.63) is 28.3 Å². The number of aliphatic hydroxyl groups is 1. The minimum absolute atomic E-state index is 0.202. The van der Waals surface area contributed by atoms with Gasteiger partial charge in [-0.15, -0.1) is 0 Å². The highest BCUT2D eigenvalue weighted by molar-refractivity contribution is 6.31. The molecule has 0 fully saturated rings. The second-order valence-corrected chi connectivity index (χ2v) is 3.64. The molecule has 0 aliphatic carbocycles. The number of hydrogen-bond acceptors (Lipinski definition) is 2. The van der Waals surface area contributed by atoms with Crippen LogP contribution in [0.25, 0.3) is 0 Å². The van der Waals surface area contributed by atoms with E-state index in [4.69, 9.17) is 21.4 Å². The second-order valence-electron chi connectivity index (χ2n) is 3.23. The summed E-state index contributed by atoms with van der Waals surface area (Å²) >= 11 is 6.03. The molecule has 0 aliphatic heterocycles. The lowest BCUT2D eigenvalue weighted by molar-refractivity contribution is 0.288. The lowest BCUT2D eigenvalue weighted by Crippen LogP contribution is -1.94. The van der Waals surface area contributed by atoms with Crippen LogP contribution in [0.4, 0.5) is 0 Å². The van der Waals surface area contributed by atoms with E-state index in [0.29, 0.717) is 0 Å². The zero-order valence-corrected chi connectivity index (χ0v) is 9.27. The van der Waals surface area contributed by atoms with Crippen molar-refractivity contribution in [1.29, 1.82) is 0 Å². The Bertz CT molecular complexity index is 310. The highest BCUT2D eigenvalue weighted by atomic mass is 35.5. The third kappa shape index (κ3) is 2.63. The van der Waals surface area contributed by atoms with Crippen molar-refractivity contribution in [3.63, 3.8) is 0 Å². The number of halogens is 1. The lowest BCUT2D eigenvalue weighted by atomic mass is 10.1. The maximum Gasteiger partial charge on any atom is 0.123 e. The topological polar surface area (TPSA) is 29.5 Å². The number of aryl methyl sites for hydroxylation is 1. The van der Waals surface area contributed by atoms with Gasteiger partial charge in [0.15, 0.2) is 0 Å². The van der Waals surface area contributed by atoms with E-state index in [1.165, 1.54) is 0 Å². The molecule has 0 atom stereocenters. The van der Waals surface area contributed by atoms with Crippen molar-refractivity contribution in [3.8, 4) is 5.75 Å². The maximum absolute atomic E-state index is 8.71. The summed E-state index contributed by atoms with van der Waals surface area (Å²) in [6.07, 6.45) is 1.58. The van der Waals surface area contributed by atoms with E-state index in [9.17, 15) is 0 Å². The van der Waals surface area contributed by atoms with E-state index < -0.39 is 0 Å². The van der Waals surface area contributed by atoms with Gasteiger partial charge in [0, 0.05) is 17.2 Å². The molecule has 0 heterocycles. The van der Waals surface area contributed by atoms with Crippen molar-refractivity contribution in [1.82, 2.24) is 0 Å². The van der Waals surface area contributed by atoms with Gasteiger partial charge in [-0.3, -0.25) is 0 Å². The molecule has 0 radical (unpaired) electrons. The Balaban J connectivity index is 2.91. The third-order valence-electron chi connectivity index (χ3n) is 2.20. The molecule has 78 valence electrons. The molecule has 2 nitrogen and oxygen atoms in total. The summed E-state index contributed by atoms with van der Waals surface area (Å²) in [7, 11) is 1.63. The molecule has 0 amide bonds. The smallest absolute Gasteiger partial charge is 0.123 e. The van der Waals surface area contributed by atoms with Crippen molar-refractivity contribution >= 4 is 11.6 Å². The molecule has 0 spiro atoms. The first-order valence-electron chi connectivity index (χ1n) is 4.63. The van der Waals surface area contributed by atoms with Crippen LogP contribution in [0.15, 0.2) is 12.1 Å². The average molecular weight is 215 g/mol. The molecule has 0 aromatic heterocycles. The molecular weight excluding hydrogens is 200 g/mol. The standard InChI is InChI=1S/C11H15ClO2/c1-8-10(12)6-9(4-3-5-13)7-11(8)14-2/h6-7,13H,3-5H2,1-2H3. The van der Waals surface area contributed by atoms with Crippen LogP contribution in [-0.4, -0.2) is 18.8 Å². The van der Waals surface area contributed by atoms with E-state index in [2.05, 4.69) is 0 Å². The van der Waals surface area contributed by atoms with Gasteiger partial charge in [-0.1, -0.05) is 11.6 Å². The normalized spacial score (nSPS) is 10.3. The van der Waals surface area contributed by atoms with Gasteiger partial charge >= 0.3 is 0 Å². The molecule has 1 N–H and O–H groups in total. The fraction of sp³-hybridized carbons (Fsp3) is 0.455. The Labute approximate surface area is 89.5 Å². The molecule has 0 saturated carbocycles. The number of hydrogen-bond donors (Lipinski definition) is 1. The predicted molar refractivity (Wildman–Crippen MR) is 58.1 cm³/mol. The van der Waals surface area contributed by atoms with Gasteiger partial charge in [0.2, 0.25) is 0 Å². The van der Waals surface area contributed by atoms with Gasteiger partial charge in [0.05, 0.1) is 7.11 Å². The summed E-state index contributed by atoms with van der Waals surface area (Å²) in [6, 6.07) is 3.89. The zero-order chi connectivity index (χ0) is 10.6. The van der Waals surface area contributed by atoms with Crippen LogP contribution in [0, 0.1) is 6.92 Å². The van der Waals surface area contributed by atoms with Gasteiger partial charge in [-0.05, 0) is 37.5 Å². The number of aliphatic hydroxyl groups excluding tert-OH is 1. The van der Waals surface area contributed by atoms with Crippen molar-refractivity contribution in [2.75, 3.05) is 13.7 Å². The summed E-state index contributed by atoms with van der Waals surface area (Å²) in [5, 5.41) is 9.43. The van der Waals surface area contributed by atoms with E-state index >= 15 is 0 Å². The summed E-state index contributed by atoms with van der Waals surface area (Å²) in [6.45, 7) is 2.13. The van der Waals surface area contributed by atoms with Crippen LogP contribution in [0.5, 0.6) is 5.75 Å². The lowest BCUT2D eigenvalue weighted by Gasteiger charge is -2.09. The number of benzene rings is 1. The quantitative estimate of drug-likeness (QED) is 0.835. The summed E-state index contributed by atoms with van der Waals surface area (Å²) < 4.78 is 5.20. The molecule has 14 heavy (non-hydrogen) atoms. The van der Waals surface area contributed by atoms with E-state index in [0.717, 1.165) is 34.7 Å². The van der Waals surface area contributed by atoms with Crippen molar-refractivity contribution < 1.29 is 9.84 Å². The highest BCUT2D eigenvalue weighted by Crippen LogP contribution is 2.27. The average Bonchev–Trinajstić information content (AvgIpc) is 2.19. The van der Waals surface area contributed by atoms with Gasteiger partial charge < -0.3 is 9.84 Å². The largest absolute Gasteiger partial charge is 0.496 e. The Morgan fingerprint density at radius 2 is 2.14 bits per heavy atom. The van der Waals surface area contributed by atoms with Gasteiger partial charge in [0.25, 0.3) is 0 Å². The number of methoxy groups -OCH3 is 1. The molecule has 0 aliphatic rings. The summed E-state index contributed by atoms with van der Waals surface area (Å²) in [4.78, 5) is 0. The molecule has 1 rings (SSSR count). The fourth-order valence-corrected chi connectivity index (χ4v) is 1.58. The van der Waals surface area contributed by atoms with Crippen molar-refractivity contribution in [2.45, 2.75) is 19.8 Å². The van der Waals surface area contributed by atoms with Gasteiger partial charge in [0.1, 0.15) is 5.75 Å².